The van der Waals surface area contributed by atoms with Gasteiger partial charge in [-0.25, -0.2) is 0 Å². The van der Waals surface area contributed by atoms with Crippen LogP contribution in [0.1, 0.15) is 11.1 Å². The van der Waals surface area contributed by atoms with E-state index in [2.05, 4.69) is 0 Å². The number of rotatable bonds is 3. The van der Waals surface area contributed by atoms with Crippen molar-refractivity contribution in [2.24, 2.45) is 0 Å². The highest BCUT2D eigenvalue weighted by Crippen LogP contribution is 2.36. The van der Waals surface area contributed by atoms with Crippen LogP contribution in [0.2, 0.25) is 0 Å². The standard InChI is InChI=1S/C17H12N2O4S2/c1-10-2-5-12(6-3-10)18-16(21)15(25-17(18)24)9-11-4-7-14(20)13(8-11)19(22)23/h2-9,20H,1H3/p-1/b15-9+. The molecule has 1 amide bonds. The van der Waals surface area contributed by atoms with Gasteiger partial charge >= 0.3 is 0 Å². The number of benzene rings is 2. The van der Waals surface area contributed by atoms with E-state index in [0.717, 1.165) is 29.5 Å². The molecule has 0 unspecified atom stereocenters. The van der Waals surface area contributed by atoms with Crippen molar-refractivity contribution >= 4 is 51.7 Å². The van der Waals surface area contributed by atoms with Crippen molar-refractivity contribution in [2.75, 3.05) is 4.90 Å². The first kappa shape index (κ1) is 17.1. The third kappa shape index (κ3) is 3.40. The molecule has 1 saturated heterocycles. The van der Waals surface area contributed by atoms with Gasteiger partial charge in [-0.1, -0.05) is 53.8 Å². The van der Waals surface area contributed by atoms with E-state index in [-0.39, 0.29) is 5.91 Å². The number of aryl methyl sites for hydroxylation is 1. The highest BCUT2D eigenvalue weighted by atomic mass is 32.2. The van der Waals surface area contributed by atoms with Gasteiger partial charge in [0.1, 0.15) is 0 Å². The van der Waals surface area contributed by atoms with Crippen molar-refractivity contribution in [3.05, 3.63) is 68.6 Å². The first-order chi connectivity index (χ1) is 11.9. The summed E-state index contributed by atoms with van der Waals surface area (Å²) in [4.78, 5) is 24.5. The van der Waals surface area contributed by atoms with E-state index in [1.807, 2.05) is 19.1 Å². The quantitative estimate of drug-likeness (QED) is 0.356. The smallest absolute Gasteiger partial charge is 0.270 e. The van der Waals surface area contributed by atoms with Crippen LogP contribution in [0.4, 0.5) is 11.4 Å². The average molecular weight is 371 g/mol. The third-order valence-corrected chi connectivity index (χ3v) is 4.87. The zero-order chi connectivity index (χ0) is 18.1. The second-order valence-electron chi connectivity index (χ2n) is 5.34. The van der Waals surface area contributed by atoms with E-state index < -0.39 is 16.4 Å². The monoisotopic (exact) mass is 371 g/mol. The van der Waals surface area contributed by atoms with Crippen LogP contribution in [0.25, 0.3) is 6.08 Å². The number of nitro groups is 1. The molecule has 6 nitrogen and oxygen atoms in total. The van der Waals surface area contributed by atoms with E-state index in [9.17, 15) is 20.0 Å². The first-order valence-corrected chi connectivity index (χ1v) is 8.39. The molecule has 2 aromatic carbocycles. The van der Waals surface area contributed by atoms with Gasteiger partial charge in [0.15, 0.2) is 4.32 Å². The number of hydrogen-bond donors (Lipinski definition) is 0. The van der Waals surface area contributed by atoms with E-state index in [0.29, 0.717) is 20.5 Å². The maximum Gasteiger partial charge on any atom is 0.270 e. The lowest BCUT2D eigenvalue weighted by Crippen LogP contribution is -2.27. The van der Waals surface area contributed by atoms with Gasteiger partial charge in [0.25, 0.3) is 11.6 Å². The Hall–Kier alpha value is -2.71. The summed E-state index contributed by atoms with van der Waals surface area (Å²) in [6.07, 6.45) is 1.50. The number of amides is 1. The van der Waals surface area contributed by atoms with Crippen molar-refractivity contribution in [3.63, 3.8) is 0 Å². The maximum atomic E-state index is 12.6. The highest BCUT2D eigenvalue weighted by molar-refractivity contribution is 8.27. The Morgan fingerprint density at radius 3 is 2.52 bits per heavy atom. The number of hydrogen-bond acceptors (Lipinski definition) is 6. The predicted molar refractivity (Wildman–Crippen MR) is 99.4 cm³/mol. The Balaban J connectivity index is 1.94. The highest BCUT2D eigenvalue weighted by Gasteiger charge is 2.33. The van der Waals surface area contributed by atoms with Crippen LogP contribution in [0.15, 0.2) is 47.4 Å². The van der Waals surface area contributed by atoms with Crippen molar-refractivity contribution in [1.82, 2.24) is 0 Å². The summed E-state index contributed by atoms with van der Waals surface area (Å²) < 4.78 is 0.384. The summed E-state index contributed by atoms with van der Waals surface area (Å²) in [5, 5.41) is 22.3. The number of nitrogens with zero attached hydrogens (tertiary/aromatic N) is 2. The molecule has 0 bridgehead atoms. The van der Waals surface area contributed by atoms with E-state index in [1.54, 1.807) is 12.1 Å². The Morgan fingerprint density at radius 2 is 1.88 bits per heavy atom. The fourth-order valence-electron chi connectivity index (χ4n) is 2.30. The minimum Gasteiger partial charge on any atom is -0.868 e. The van der Waals surface area contributed by atoms with Gasteiger partial charge in [0.2, 0.25) is 0 Å². The minimum atomic E-state index is -0.739. The molecule has 3 rings (SSSR count). The summed E-state index contributed by atoms with van der Waals surface area (Å²) in [6, 6.07) is 11.1. The number of carbonyl (C=O) groups is 1. The summed E-state index contributed by atoms with van der Waals surface area (Å²) in [5.74, 6) is -0.970. The molecule has 0 spiro atoms. The van der Waals surface area contributed by atoms with Crippen LogP contribution in [-0.2, 0) is 4.79 Å². The van der Waals surface area contributed by atoms with Crippen molar-refractivity contribution < 1.29 is 14.8 Å². The molecular formula is C17H11N2O4S2-. The molecule has 1 fully saturated rings. The lowest BCUT2D eigenvalue weighted by atomic mass is 10.1. The Kier molecular flexibility index (Phi) is 4.56. The summed E-state index contributed by atoms with van der Waals surface area (Å²) in [7, 11) is 0. The molecule has 126 valence electrons. The predicted octanol–water partition coefficient (Wildman–Crippen LogP) is 3.38. The van der Waals surface area contributed by atoms with Crippen molar-refractivity contribution in [1.29, 1.82) is 0 Å². The maximum absolute atomic E-state index is 12.6. The van der Waals surface area contributed by atoms with E-state index in [1.165, 1.54) is 17.0 Å². The topological polar surface area (TPSA) is 86.5 Å². The summed E-state index contributed by atoms with van der Waals surface area (Å²) in [6.45, 7) is 1.95. The van der Waals surface area contributed by atoms with Gasteiger partial charge in [-0.3, -0.25) is 19.8 Å². The zero-order valence-electron chi connectivity index (χ0n) is 13.0. The Morgan fingerprint density at radius 1 is 1.20 bits per heavy atom. The van der Waals surface area contributed by atoms with E-state index >= 15 is 0 Å². The molecule has 8 heteroatoms. The third-order valence-electron chi connectivity index (χ3n) is 3.56. The average Bonchev–Trinajstić information content (AvgIpc) is 2.84. The molecule has 0 aliphatic carbocycles. The molecule has 0 aromatic heterocycles. The molecule has 2 aromatic rings. The van der Waals surface area contributed by atoms with Gasteiger partial charge in [-0.05, 0) is 36.4 Å². The first-order valence-electron chi connectivity index (χ1n) is 7.17. The van der Waals surface area contributed by atoms with Crippen LogP contribution in [0, 0.1) is 17.0 Å². The van der Waals surface area contributed by atoms with Gasteiger partial charge < -0.3 is 5.11 Å². The molecule has 1 aliphatic rings. The molecule has 1 aliphatic heterocycles. The lowest BCUT2D eigenvalue weighted by molar-refractivity contribution is -0.398. The van der Waals surface area contributed by atoms with Crippen molar-refractivity contribution in [3.8, 4) is 5.75 Å². The molecule has 0 atom stereocenters. The number of carbonyl (C=O) groups excluding carboxylic acids is 1. The summed E-state index contributed by atoms with van der Waals surface area (Å²) in [5.41, 5.74) is 1.60. The second-order valence-corrected chi connectivity index (χ2v) is 7.01. The fraction of sp³-hybridized carbons (Fsp3) is 0.0588. The molecule has 0 N–H and O–H groups in total. The largest absolute Gasteiger partial charge is 0.868 e. The van der Waals surface area contributed by atoms with Crippen LogP contribution in [-0.4, -0.2) is 15.2 Å². The van der Waals surface area contributed by atoms with Crippen LogP contribution in [0.3, 0.4) is 0 Å². The lowest BCUT2D eigenvalue weighted by Gasteiger charge is -2.14. The molecule has 25 heavy (non-hydrogen) atoms. The number of thiocarbonyl (C=S) groups is 1. The molecular weight excluding hydrogens is 360 g/mol. The number of nitro benzene ring substituents is 1. The van der Waals surface area contributed by atoms with Crippen molar-refractivity contribution in [2.45, 2.75) is 6.92 Å². The number of thioether (sulfide) groups is 1. The molecule has 0 radical (unpaired) electrons. The number of anilines is 1. The van der Waals surface area contributed by atoms with Gasteiger partial charge in [0.05, 0.1) is 15.5 Å². The molecule has 0 saturated carbocycles. The minimum absolute atomic E-state index is 0.298. The zero-order valence-corrected chi connectivity index (χ0v) is 14.6. The molecule has 1 heterocycles. The van der Waals surface area contributed by atoms with E-state index in [4.69, 9.17) is 12.2 Å². The van der Waals surface area contributed by atoms with Crippen LogP contribution in [0.5, 0.6) is 5.75 Å². The van der Waals surface area contributed by atoms with Crippen LogP contribution < -0.4 is 10.0 Å². The summed E-state index contributed by atoms with van der Waals surface area (Å²) >= 11 is 6.40. The van der Waals surface area contributed by atoms with Gasteiger partial charge in [0, 0.05) is 6.07 Å². The Bertz CT molecular complexity index is 923. The van der Waals surface area contributed by atoms with Crippen LogP contribution >= 0.6 is 24.0 Å². The van der Waals surface area contributed by atoms with Gasteiger partial charge in [-0.2, -0.15) is 0 Å². The van der Waals surface area contributed by atoms with Gasteiger partial charge in [-0.15, -0.1) is 0 Å². The normalized spacial score (nSPS) is 15.9. The fourth-order valence-corrected chi connectivity index (χ4v) is 3.60. The second kappa shape index (κ2) is 6.66. The SMILES string of the molecule is Cc1ccc(N2C(=O)/C(=C\c3ccc([O-])c([N+](=O)[O-])c3)SC2=S)cc1. The Labute approximate surface area is 152 Å².